The van der Waals surface area contributed by atoms with E-state index >= 15 is 0 Å². The number of aliphatic carboxylic acids is 1. The van der Waals surface area contributed by atoms with Crippen molar-refractivity contribution in [3.05, 3.63) is 0 Å². The normalized spacial score (nSPS) is 16.1. The van der Waals surface area contributed by atoms with Crippen LogP contribution in [0.2, 0.25) is 0 Å². The molecule has 19 heavy (non-hydrogen) atoms. The van der Waals surface area contributed by atoms with Crippen molar-refractivity contribution in [2.45, 2.75) is 38.6 Å². The molecule has 0 saturated heterocycles. The summed E-state index contributed by atoms with van der Waals surface area (Å²) < 4.78 is 0. The molecular formula is C12H21N3O4. The van der Waals surface area contributed by atoms with Crippen LogP contribution in [0, 0.1) is 0 Å². The molecule has 0 radical (unpaired) electrons. The van der Waals surface area contributed by atoms with Crippen LogP contribution in [-0.2, 0) is 9.59 Å². The van der Waals surface area contributed by atoms with Gasteiger partial charge >= 0.3 is 12.0 Å². The Bertz CT molecular complexity index is 366. The summed E-state index contributed by atoms with van der Waals surface area (Å²) in [7, 11) is 0. The van der Waals surface area contributed by atoms with Crippen LogP contribution >= 0.6 is 0 Å². The summed E-state index contributed by atoms with van der Waals surface area (Å²) in [4.78, 5) is 35.9. The molecule has 1 aliphatic rings. The van der Waals surface area contributed by atoms with Crippen molar-refractivity contribution in [2.24, 2.45) is 0 Å². The lowest BCUT2D eigenvalue weighted by Crippen LogP contribution is -2.62. The van der Waals surface area contributed by atoms with Gasteiger partial charge in [0.1, 0.15) is 12.1 Å². The molecule has 108 valence electrons. The van der Waals surface area contributed by atoms with Gasteiger partial charge in [-0.3, -0.25) is 4.79 Å². The van der Waals surface area contributed by atoms with Crippen LogP contribution in [-0.4, -0.2) is 53.1 Å². The first-order chi connectivity index (χ1) is 8.95. The maximum Gasteiger partial charge on any atom is 0.329 e. The molecule has 0 heterocycles. The molecule has 7 heteroatoms. The highest BCUT2D eigenvalue weighted by Crippen LogP contribution is 2.32. The first-order valence-corrected chi connectivity index (χ1v) is 6.52. The number of carbonyl (C=O) groups is 3. The lowest BCUT2D eigenvalue weighted by molar-refractivity contribution is -0.148. The highest BCUT2D eigenvalue weighted by Gasteiger charge is 2.46. The highest BCUT2D eigenvalue weighted by molar-refractivity contribution is 5.89. The van der Waals surface area contributed by atoms with Crippen LogP contribution < -0.4 is 10.6 Å². The first kappa shape index (κ1) is 15.3. The Morgan fingerprint density at radius 2 is 1.89 bits per heavy atom. The number of nitrogens with one attached hydrogen (secondary N) is 2. The minimum absolute atomic E-state index is 0.0636. The van der Waals surface area contributed by atoms with Crippen molar-refractivity contribution in [3.8, 4) is 0 Å². The van der Waals surface area contributed by atoms with Gasteiger partial charge in [0.25, 0.3) is 0 Å². The van der Waals surface area contributed by atoms with Gasteiger partial charge in [-0.25, -0.2) is 9.59 Å². The molecule has 3 N–H and O–H groups in total. The van der Waals surface area contributed by atoms with E-state index in [1.807, 2.05) is 0 Å². The third-order valence-electron chi connectivity index (χ3n) is 3.34. The van der Waals surface area contributed by atoms with E-state index in [2.05, 4.69) is 10.6 Å². The minimum Gasteiger partial charge on any atom is -0.480 e. The second kappa shape index (κ2) is 6.40. The molecule has 0 bridgehead atoms. The van der Waals surface area contributed by atoms with Crippen molar-refractivity contribution in [1.82, 2.24) is 15.5 Å². The van der Waals surface area contributed by atoms with E-state index in [0.29, 0.717) is 25.9 Å². The van der Waals surface area contributed by atoms with Gasteiger partial charge in [0.15, 0.2) is 0 Å². The predicted molar refractivity (Wildman–Crippen MR) is 68.7 cm³/mol. The Kier molecular flexibility index (Phi) is 5.14. The number of carboxylic acid groups (broad SMARTS) is 1. The summed E-state index contributed by atoms with van der Waals surface area (Å²) in [5.74, 6) is -1.27. The van der Waals surface area contributed by atoms with Crippen molar-refractivity contribution in [3.63, 3.8) is 0 Å². The van der Waals surface area contributed by atoms with E-state index in [0.717, 1.165) is 6.42 Å². The maximum atomic E-state index is 12.0. The number of amides is 3. The van der Waals surface area contributed by atoms with Gasteiger partial charge < -0.3 is 20.6 Å². The zero-order chi connectivity index (χ0) is 14.5. The van der Waals surface area contributed by atoms with Crippen molar-refractivity contribution < 1.29 is 19.5 Å². The van der Waals surface area contributed by atoms with Crippen LogP contribution in [0.3, 0.4) is 0 Å². The SMILES string of the molecule is CCNC(=O)CN(CC)C(=O)NC1(C(=O)O)CCC1. The molecule has 0 aromatic heterocycles. The monoisotopic (exact) mass is 271 g/mol. The summed E-state index contributed by atoms with van der Waals surface area (Å²) >= 11 is 0. The van der Waals surface area contributed by atoms with Crippen molar-refractivity contribution >= 4 is 17.9 Å². The molecule has 0 spiro atoms. The summed E-state index contributed by atoms with van der Waals surface area (Å²) in [6.45, 7) is 4.32. The molecule has 1 rings (SSSR count). The third-order valence-corrected chi connectivity index (χ3v) is 3.34. The fraction of sp³-hybridized carbons (Fsp3) is 0.750. The number of nitrogens with zero attached hydrogens (tertiary/aromatic N) is 1. The molecule has 0 atom stereocenters. The second-order valence-corrected chi connectivity index (χ2v) is 4.64. The van der Waals surface area contributed by atoms with Crippen LogP contribution in [0.1, 0.15) is 33.1 Å². The standard InChI is InChI=1S/C12H21N3O4/c1-3-13-9(16)8-15(4-2)11(19)14-12(10(17)18)6-5-7-12/h3-8H2,1-2H3,(H,13,16)(H,14,19)(H,17,18). The van der Waals surface area contributed by atoms with Gasteiger partial charge in [-0.05, 0) is 33.1 Å². The second-order valence-electron chi connectivity index (χ2n) is 4.64. The smallest absolute Gasteiger partial charge is 0.329 e. The van der Waals surface area contributed by atoms with Crippen LogP contribution in [0.15, 0.2) is 0 Å². The van der Waals surface area contributed by atoms with E-state index in [4.69, 9.17) is 5.11 Å². The van der Waals surface area contributed by atoms with E-state index in [9.17, 15) is 14.4 Å². The van der Waals surface area contributed by atoms with Crippen molar-refractivity contribution in [1.29, 1.82) is 0 Å². The van der Waals surface area contributed by atoms with Gasteiger partial charge in [0.2, 0.25) is 5.91 Å². The molecular weight excluding hydrogens is 250 g/mol. The van der Waals surface area contributed by atoms with E-state index in [1.165, 1.54) is 4.90 Å². The van der Waals surface area contributed by atoms with Crippen LogP contribution in [0.25, 0.3) is 0 Å². The number of likely N-dealkylation sites (N-methyl/N-ethyl adjacent to an activating group) is 2. The lowest BCUT2D eigenvalue weighted by atomic mass is 9.77. The molecule has 3 amide bonds. The molecule has 0 unspecified atom stereocenters. The highest BCUT2D eigenvalue weighted by atomic mass is 16.4. The van der Waals surface area contributed by atoms with Gasteiger partial charge in [-0.2, -0.15) is 0 Å². The van der Waals surface area contributed by atoms with Crippen molar-refractivity contribution in [2.75, 3.05) is 19.6 Å². The number of carbonyl (C=O) groups excluding carboxylic acids is 2. The average molecular weight is 271 g/mol. The van der Waals surface area contributed by atoms with Gasteiger partial charge in [0.05, 0.1) is 0 Å². The molecule has 0 aromatic rings. The lowest BCUT2D eigenvalue weighted by Gasteiger charge is -2.39. The fourth-order valence-corrected chi connectivity index (χ4v) is 1.96. The molecule has 7 nitrogen and oxygen atoms in total. The maximum absolute atomic E-state index is 12.0. The molecule has 1 fully saturated rings. The van der Waals surface area contributed by atoms with Gasteiger partial charge in [-0.1, -0.05) is 0 Å². The zero-order valence-electron chi connectivity index (χ0n) is 11.4. The first-order valence-electron chi connectivity index (χ1n) is 6.52. The number of hydrogen-bond acceptors (Lipinski definition) is 3. The summed E-state index contributed by atoms with van der Waals surface area (Å²) in [5.41, 5.74) is -1.15. The molecule has 0 aliphatic heterocycles. The van der Waals surface area contributed by atoms with Crippen LogP contribution in [0.4, 0.5) is 4.79 Å². The fourth-order valence-electron chi connectivity index (χ4n) is 1.96. The van der Waals surface area contributed by atoms with Crippen LogP contribution in [0.5, 0.6) is 0 Å². The molecule has 1 saturated carbocycles. The Balaban J connectivity index is 2.59. The summed E-state index contributed by atoms with van der Waals surface area (Å²) in [5, 5.41) is 14.3. The Hall–Kier alpha value is -1.79. The average Bonchev–Trinajstić information content (AvgIpc) is 2.30. The number of rotatable bonds is 6. The summed E-state index contributed by atoms with van der Waals surface area (Å²) in [6.07, 6.45) is 1.66. The quantitative estimate of drug-likeness (QED) is 0.641. The number of carboxylic acids is 1. The van der Waals surface area contributed by atoms with E-state index in [-0.39, 0.29) is 12.5 Å². The minimum atomic E-state index is -1.15. The number of urea groups is 1. The topological polar surface area (TPSA) is 98.7 Å². The third kappa shape index (κ3) is 3.59. The Morgan fingerprint density at radius 3 is 2.26 bits per heavy atom. The van der Waals surface area contributed by atoms with E-state index in [1.54, 1.807) is 13.8 Å². The Morgan fingerprint density at radius 1 is 1.26 bits per heavy atom. The van der Waals surface area contributed by atoms with Gasteiger partial charge in [0, 0.05) is 13.1 Å². The predicted octanol–water partition coefficient (Wildman–Crippen LogP) is 0.161. The Labute approximate surface area is 112 Å². The van der Waals surface area contributed by atoms with Gasteiger partial charge in [-0.15, -0.1) is 0 Å². The molecule has 0 aromatic carbocycles. The van der Waals surface area contributed by atoms with E-state index < -0.39 is 17.5 Å². The summed E-state index contributed by atoms with van der Waals surface area (Å²) in [6, 6.07) is -0.504. The number of hydrogen-bond donors (Lipinski definition) is 3. The zero-order valence-corrected chi connectivity index (χ0v) is 11.4. The largest absolute Gasteiger partial charge is 0.480 e. The molecule has 1 aliphatic carbocycles.